The highest BCUT2D eigenvalue weighted by atomic mass is 16.1. The van der Waals surface area contributed by atoms with E-state index in [1.165, 1.54) is 22.2 Å². The van der Waals surface area contributed by atoms with Gasteiger partial charge >= 0.3 is 0 Å². The van der Waals surface area contributed by atoms with Gasteiger partial charge in [-0.3, -0.25) is 4.79 Å². The van der Waals surface area contributed by atoms with Crippen molar-refractivity contribution in [1.82, 2.24) is 9.88 Å². The summed E-state index contributed by atoms with van der Waals surface area (Å²) in [6.07, 6.45) is 5.79. The number of aromatic nitrogens is 1. The van der Waals surface area contributed by atoms with Gasteiger partial charge in [0.05, 0.1) is 0 Å². The molecule has 1 amide bonds. The molecule has 0 saturated carbocycles. The van der Waals surface area contributed by atoms with Gasteiger partial charge in [0.15, 0.2) is 0 Å². The summed E-state index contributed by atoms with van der Waals surface area (Å²) in [6, 6.07) is 8.88. The third-order valence-electron chi connectivity index (χ3n) is 4.65. The number of fused-ring (bicyclic) bond motifs is 3. The van der Waals surface area contributed by atoms with Crippen LogP contribution in [-0.2, 0) is 24.7 Å². The molecule has 1 N–H and O–H groups in total. The van der Waals surface area contributed by atoms with Gasteiger partial charge in [0.2, 0.25) is 5.91 Å². The molecule has 1 atom stereocenters. The summed E-state index contributed by atoms with van der Waals surface area (Å²) in [7, 11) is 2.15. The molecule has 3 heteroatoms. The molecule has 1 heterocycles. The van der Waals surface area contributed by atoms with E-state index in [4.69, 9.17) is 0 Å². The number of nitrogens with zero attached hydrogens (tertiary/aromatic N) is 1. The maximum atomic E-state index is 11.9. The van der Waals surface area contributed by atoms with Gasteiger partial charge in [0.25, 0.3) is 0 Å². The average Bonchev–Trinajstić information content (AvgIpc) is 2.79. The fraction of sp³-hybridized carbons (Fsp3) is 0.500. The fourth-order valence-electron chi connectivity index (χ4n) is 3.49. The van der Waals surface area contributed by atoms with Crippen molar-refractivity contribution in [3.8, 4) is 0 Å². The predicted octanol–water partition coefficient (Wildman–Crippen LogP) is 3.34. The first-order valence-electron chi connectivity index (χ1n) is 8.05. The Kier molecular flexibility index (Phi) is 4.00. The van der Waals surface area contributed by atoms with E-state index in [1.54, 1.807) is 0 Å². The number of aryl methyl sites for hydroxylation is 1. The van der Waals surface area contributed by atoms with Gasteiger partial charge in [-0.1, -0.05) is 31.5 Å². The lowest BCUT2D eigenvalue weighted by atomic mass is 9.91. The molecule has 1 aromatic carbocycles. The van der Waals surface area contributed by atoms with Crippen LogP contribution in [0, 0.1) is 0 Å². The minimum Gasteiger partial charge on any atom is -0.353 e. The van der Waals surface area contributed by atoms with Crippen LogP contribution in [0.2, 0.25) is 0 Å². The van der Waals surface area contributed by atoms with E-state index >= 15 is 0 Å². The first-order chi connectivity index (χ1) is 10.2. The standard InChI is InChI=1S/C18H24N2O/c1-3-4-9-18(21)19-13-10-11-17-15(12-13)14-7-5-6-8-16(14)20(17)2/h5-8,13H,3-4,9-12H2,1-2H3,(H,19,21). The number of benzene rings is 1. The molecule has 0 saturated heterocycles. The molecule has 1 unspecified atom stereocenters. The van der Waals surface area contributed by atoms with Crippen molar-refractivity contribution in [3.05, 3.63) is 35.5 Å². The Hall–Kier alpha value is -1.77. The molecule has 3 nitrogen and oxygen atoms in total. The van der Waals surface area contributed by atoms with Crippen molar-refractivity contribution in [2.24, 2.45) is 7.05 Å². The summed E-state index contributed by atoms with van der Waals surface area (Å²) in [5.41, 5.74) is 4.18. The molecule has 1 aliphatic carbocycles. The van der Waals surface area contributed by atoms with Crippen molar-refractivity contribution >= 4 is 16.8 Å². The maximum Gasteiger partial charge on any atom is 0.220 e. The number of unbranched alkanes of at least 4 members (excludes halogenated alkanes) is 1. The Balaban J connectivity index is 1.79. The molecule has 0 spiro atoms. The topological polar surface area (TPSA) is 34.0 Å². The van der Waals surface area contributed by atoms with Crippen molar-refractivity contribution in [2.75, 3.05) is 0 Å². The smallest absolute Gasteiger partial charge is 0.220 e. The quantitative estimate of drug-likeness (QED) is 0.918. The zero-order valence-corrected chi connectivity index (χ0v) is 13.0. The second kappa shape index (κ2) is 5.92. The number of carbonyl (C=O) groups is 1. The van der Waals surface area contributed by atoms with Crippen LogP contribution < -0.4 is 5.32 Å². The van der Waals surface area contributed by atoms with Crippen molar-refractivity contribution in [1.29, 1.82) is 0 Å². The number of para-hydroxylation sites is 1. The highest BCUT2D eigenvalue weighted by Crippen LogP contribution is 2.31. The first kappa shape index (κ1) is 14.2. The lowest BCUT2D eigenvalue weighted by Gasteiger charge is -2.24. The van der Waals surface area contributed by atoms with Crippen molar-refractivity contribution in [2.45, 2.75) is 51.5 Å². The largest absolute Gasteiger partial charge is 0.353 e. The molecule has 0 aliphatic heterocycles. The SMILES string of the molecule is CCCCC(=O)NC1CCc2c(c3ccccc3n2C)C1. The van der Waals surface area contributed by atoms with Crippen LogP contribution in [0.25, 0.3) is 10.9 Å². The Morgan fingerprint density at radius 2 is 2.19 bits per heavy atom. The number of hydrogen-bond acceptors (Lipinski definition) is 1. The van der Waals surface area contributed by atoms with Crippen LogP contribution in [0.4, 0.5) is 0 Å². The molecule has 112 valence electrons. The van der Waals surface area contributed by atoms with Crippen LogP contribution in [0.3, 0.4) is 0 Å². The molecule has 0 radical (unpaired) electrons. The highest BCUT2D eigenvalue weighted by Gasteiger charge is 2.24. The minimum atomic E-state index is 0.213. The zero-order chi connectivity index (χ0) is 14.8. The summed E-state index contributed by atoms with van der Waals surface area (Å²) < 4.78 is 2.32. The summed E-state index contributed by atoms with van der Waals surface area (Å²) in [6.45, 7) is 2.12. The molecule has 2 aromatic rings. The summed E-state index contributed by atoms with van der Waals surface area (Å²) in [5.74, 6) is 0.213. The van der Waals surface area contributed by atoms with Gasteiger partial charge in [-0.25, -0.2) is 0 Å². The normalized spacial score (nSPS) is 17.7. The Labute approximate surface area is 126 Å². The number of carbonyl (C=O) groups excluding carboxylic acids is 1. The lowest BCUT2D eigenvalue weighted by Crippen LogP contribution is -2.38. The average molecular weight is 284 g/mol. The molecule has 3 rings (SSSR count). The lowest BCUT2D eigenvalue weighted by molar-refractivity contribution is -0.122. The van der Waals surface area contributed by atoms with E-state index in [-0.39, 0.29) is 5.91 Å². The molecular weight excluding hydrogens is 260 g/mol. The van der Waals surface area contributed by atoms with E-state index in [1.807, 2.05) is 0 Å². The van der Waals surface area contributed by atoms with Crippen LogP contribution in [0.15, 0.2) is 24.3 Å². The van der Waals surface area contributed by atoms with E-state index in [0.29, 0.717) is 12.5 Å². The van der Waals surface area contributed by atoms with Gasteiger partial charge in [-0.15, -0.1) is 0 Å². The van der Waals surface area contributed by atoms with E-state index in [9.17, 15) is 4.79 Å². The van der Waals surface area contributed by atoms with E-state index in [0.717, 1.165) is 32.1 Å². The van der Waals surface area contributed by atoms with Gasteiger partial charge in [0.1, 0.15) is 0 Å². The Bertz CT molecular complexity index is 657. The first-order valence-corrected chi connectivity index (χ1v) is 8.05. The minimum absolute atomic E-state index is 0.213. The second-order valence-corrected chi connectivity index (χ2v) is 6.11. The molecule has 0 bridgehead atoms. The Morgan fingerprint density at radius 3 is 3.00 bits per heavy atom. The fourth-order valence-corrected chi connectivity index (χ4v) is 3.49. The van der Waals surface area contributed by atoms with E-state index < -0.39 is 0 Å². The number of rotatable bonds is 4. The molecule has 0 fully saturated rings. The molecule has 21 heavy (non-hydrogen) atoms. The summed E-state index contributed by atoms with van der Waals surface area (Å²) in [4.78, 5) is 11.9. The van der Waals surface area contributed by atoms with Crippen molar-refractivity contribution in [3.63, 3.8) is 0 Å². The zero-order valence-electron chi connectivity index (χ0n) is 13.0. The summed E-state index contributed by atoms with van der Waals surface area (Å²) >= 11 is 0. The van der Waals surface area contributed by atoms with Crippen LogP contribution >= 0.6 is 0 Å². The third kappa shape index (κ3) is 2.69. The van der Waals surface area contributed by atoms with Crippen LogP contribution in [0.5, 0.6) is 0 Å². The molecule has 1 aromatic heterocycles. The van der Waals surface area contributed by atoms with Gasteiger partial charge < -0.3 is 9.88 Å². The summed E-state index contributed by atoms with van der Waals surface area (Å²) in [5, 5.41) is 4.57. The van der Waals surface area contributed by atoms with Crippen molar-refractivity contribution < 1.29 is 4.79 Å². The monoisotopic (exact) mass is 284 g/mol. The Morgan fingerprint density at radius 1 is 1.38 bits per heavy atom. The van der Waals surface area contributed by atoms with Crippen LogP contribution in [-0.4, -0.2) is 16.5 Å². The van der Waals surface area contributed by atoms with Gasteiger partial charge in [-0.2, -0.15) is 0 Å². The predicted molar refractivity (Wildman–Crippen MR) is 86.4 cm³/mol. The molecular formula is C18H24N2O. The van der Waals surface area contributed by atoms with E-state index in [2.05, 4.69) is 48.1 Å². The number of hydrogen-bond donors (Lipinski definition) is 1. The third-order valence-corrected chi connectivity index (χ3v) is 4.65. The number of amides is 1. The highest BCUT2D eigenvalue weighted by molar-refractivity contribution is 5.86. The van der Waals surface area contributed by atoms with Gasteiger partial charge in [-0.05, 0) is 37.3 Å². The maximum absolute atomic E-state index is 11.9. The number of nitrogens with one attached hydrogen (secondary N) is 1. The van der Waals surface area contributed by atoms with Crippen LogP contribution in [0.1, 0.15) is 43.9 Å². The van der Waals surface area contributed by atoms with Gasteiger partial charge in [0, 0.05) is 36.1 Å². The molecule has 1 aliphatic rings. The second-order valence-electron chi connectivity index (χ2n) is 6.11.